The lowest BCUT2D eigenvalue weighted by Crippen LogP contribution is -2.39. The number of cyclic esters (lactones) is 1. The van der Waals surface area contributed by atoms with E-state index in [0.717, 1.165) is 23.4 Å². The Morgan fingerprint density at radius 1 is 1.33 bits per heavy atom. The van der Waals surface area contributed by atoms with Crippen LogP contribution in [0.3, 0.4) is 0 Å². The van der Waals surface area contributed by atoms with Crippen molar-refractivity contribution in [1.82, 2.24) is 14.8 Å². The van der Waals surface area contributed by atoms with Gasteiger partial charge in [0.25, 0.3) is 5.91 Å². The third kappa shape index (κ3) is 3.16. The number of nitrogens with one attached hydrogen (secondary N) is 1. The van der Waals surface area contributed by atoms with Crippen molar-refractivity contribution in [3.05, 3.63) is 59.0 Å². The standard InChI is InChI=1S/C22H23FN4O3/c1-22(16-3-2-4-17(23)10-16)11-14-9-15(12-24-19(14)25-22)20(28)26-6-5-18(13-26)27-7-8-30-21(27)29/h2-4,9-10,12,18H,5-8,11,13H2,1H3,(H,24,25)/t18-,22-/m0/s1. The fraction of sp³-hybridized carbons (Fsp3) is 0.409. The number of amides is 2. The van der Waals surface area contributed by atoms with Crippen LogP contribution in [-0.2, 0) is 16.7 Å². The SMILES string of the molecule is C[C@@]1(c2cccc(F)c2)Cc2cc(C(=O)N3CC[C@H](N4CCOC4=O)C3)cnc2N1. The summed E-state index contributed by atoms with van der Waals surface area (Å²) in [7, 11) is 0. The molecule has 7 nitrogen and oxygen atoms in total. The van der Waals surface area contributed by atoms with Gasteiger partial charge in [-0.3, -0.25) is 9.69 Å². The summed E-state index contributed by atoms with van der Waals surface area (Å²) in [6.07, 6.45) is 2.65. The van der Waals surface area contributed by atoms with Crippen LogP contribution in [-0.4, -0.2) is 59.1 Å². The number of carbonyl (C=O) groups excluding carboxylic acids is 2. The number of benzene rings is 1. The number of carbonyl (C=O) groups is 2. The molecule has 8 heteroatoms. The molecule has 0 saturated carbocycles. The van der Waals surface area contributed by atoms with E-state index in [-0.39, 0.29) is 23.9 Å². The zero-order valence-electron chi connectivity index (χ0n) is 16.7. The maximum Gasteiger partial charge on any atom is 0.410 e. The first kappa shape index (κ1) is 18.8. The molecule has 3 aliphatic heterocycles. The Bertz CT molecular complexity index is 1030. The Morgan fingerprint density at radius 3 is 2.97 bits per heavy atom. The lowest BCUT2D eigenvalue weighted by molar-refractivity contribution is 0.0779. The third-order valence-electron chi connectivity index (χ3n) is 6.30. The van der Waals surface area contributed by atoms with Crippen molar-refractivity contribution in [3.63, 3.8) is 0 Å². The molecule has 3 aliphatic rings. The molecule has 0 radical (unpaired) electrons. The van der Waals surface area contributed by atoms with Gasteiger partial charge in [-0.1, -0.05) is 12.1 Å². The van der Waals surface area contributed by atoms with Crippen LogP contribution < -0.4 is 5.32 Å². The predicted octanol–water partition coefficient (Wildman–Crippen LogP) is 2.77. The molecule has 2 saturated heterocycles. The van der Waals surface area contributed by atoms with Gasteiger partial charge in [-0.15, -0.1) is 0 Å². The van der Waals surface area contributed by atoms with Gasteiger partial charge in [-0.05, 0) is 42.7 Å². The number of rotatable bonds is 3. The topological polar surface area (TPSA) is 74.8 Å². The number of ether oxygens (including phenoxy) is 1. The Balaban J connectivity index is 1.32. The van der Waals surface area contributed by atoms with E-state index in [1.54, 1.807) is 22.1 Å². The summed E-state index contributed by atoms with van der Waals surface area (Å²) < 4.78 is 18.7. The second kappa shape index (κ2) is 6.97. The van der Waals surface area contributed by atoms with Gasteiger partial charge in [0.15, 0.2) is 0 Å². The van der Waals surface area contributed by atoms with Crippen molar-refractivity contribution in [2.45, 2.75) is 31.3 Å². The number of anilines is 1. The van der Waals surface area contributed by atoms with Crippen molar-refractivity contribution in [2.24, 2.45) is 0 Å². The van der Waals surface area contributed by atoms with Crippen LogP contribution in [0, 0.1) is 5.82 Å². The molecule has 2 atom stereocenters. The highest BCUT2D eigenvalue weighted by molar-refractivity contribution is 5.94. The molecule has 2 aromatic rings. The average Bonchev–Trinajstić information content (AvgIpc) is 3.44. The number of hydrogen-bond acceptors (Lipinski definition) is 5. The molecule has 0 aliphatic carbocycles. The molecule has 1 N–H and O–H groups in total. The van der Waals surface area contributed by atoms with Crippen LogP contribution >= 0.6 is 0 Å². The van der Waals surface area contributed by atoms with E-state index in [1.165, 1.54) is 12.1 Å². The first-order valence-electron chi connectivity index (χ1n) is 10.2. The third-order valence-corrected chi connectivity index (χ3v) is 6.30. The van der Waals surface area contributed by atoms with Crippen LogP contribution in [0.2, 0.25) is 0 Å². The van der Waals surface area contributed by atoms with E-state index < -0.39 is 5.54 Å². The number of aromatic nitrogens is 1. The summed E-state index contributed by atoms with van der Waals surface area (Å²) in [5.74, 6) is 0.359. The van der Waals surface area contributed by atoms with Gasteiger partial charge in [0.1, 0.15) is 18.2 Å². The van der Waals surface area contributed by atoms with Gasteiger partial charge in [0, 0.05) is 25.7 Å². The highest BCUT2D eigenvalue weighted by Gasteiger charge is 2.38. The molecule has 2 amide bonds. The molecule has 0 unspecified atom stereocenters. The highest BCUT2D eigenvalue weighted by Crippen LogP contribution is 2.38. The molecule has 0 spiro atoms. The fourth-order valence-corrected chi connectivity index (χ4v) is 4.67. The zero-order valence-corrected chi connectivity index (χ0v) is 16.7. The van der Waals surface area contributed by atoms with E-state index in [2.05, 4.69) is 10.3 Å². The molecule has 4 heterocycles. The average molecular weight is 410 g/mol. The molecule has 156 valence electrons. The van der Waals surface area contributed by atoms with Crippen LogP contribution in [0.5, 0.6) is 0 Å². The number of nitrogens with zero attached hydrogens (tertiary/aromatic N) is 3. The van der Waals surface area contributed by atoms with Crippen LogP contribution in [0.25, 0.3) is 0 Å². The minimum atomic E-state index is -0.478. The van der Waals surface area contributed by atoms with Crippen molar-refractivity contribution < 1.29 is 18.7 Å². The summed E-state index contributed by atoms with van der Waals surface area (Å²) in [6.45, 7) is 4.10. The van der Waals surface area contributed by atoms with Gasteiger partial charge >= 0.3 is 6.09 Å². The number of pyridine rings is 1. The second-order valence-electron chi connectivity index (χ2n) is 8.38. The number of halogens is 1. The summed E-state index contributed by atoms with van der Waals surface area (Å²) in [4.78, 5) is 32.8. The monoisotopic (exact) mass is 410 g/mol. The maximum absolute atomic E-state index is 13.7. The summed E-state index contributed by atoms with van der Waals surface area (Å²) in [5, 5.41) is 3.38. The summed E-state index contributed by atoms with van der Waals surface area (Å²) in [5.41, 5.74) is 1.83. The Labute approximate surface area is 173 Å². The Kier molecular flexibility index (Phi) is 4.38. The highest BCUT2D eigenvalue weighted by atomic mass is 19.1. The molecule has 0 bridgehead atoms. The number of hydrogen-bond donors (Lipinski definition) is 1. The first-order valence-corrected chi connectivity index (χ1v) is 10.2. The smallest absolute Gasteiger partial charge is 0.410 e. The van der Waals surface area contributed by atoms with E-state index in [4.69, 9.17) is 4.74 Å². The van der Waals surface area contributed by atoms with E-state index in [1.807, 2.05) is 19.1 Å². The van der Waals surface area contributed by atoms with Crippen LogP contribution in [0.4, 0.5) is 15.0 Å². The van der Waals surface area contributed by atoms with Crippen molar-refractivity contribution in [3.8, 4) is 0 Å². The number of fused-ring (bicyclic) bond motifs is 1. The minimum absolute atomic E-state index is 0.00396. The molecular weight excluding hydrogens is 387 g/mol. The van der Waals surface area contributed by atoms with Gasteiger partial charge in [-0.2, -0.15) is 0 Å². The van der Waals surface area contributed by atoms with Crippen LogP contribution in [0.1, 0.15) is 34.8 Å². The molecule has 1 aromatic carbocycles. The van der Waals surface area contributed by atoms with E-state index >= 15 is 0 Å². The Hall–Kier alpha value is -3.16. The molecule has 1 aromatic heterocycles. The van der Waals surface area contributed by atoms with Crippen LogP contribution in [0.15, 0.2) is 36.5 Å². The van der Waals surface area contributed by atoms with E-state index in [9.17, 15) is 14.0 Å². The maximum atomic E-state index is 13.7. The van der Waals surface area contributed by atoms with Gasteiger partial charge < -0.3 is 15.0 Å². The minimum Gasteiger partial charge on any atom is -0.448 e. The van der Waals surface area contributed by atoms with E-state index in [0.29, 0.717) is 38.2 Å². The van der Waals surface area contributed by atoms with Gasteiger partial charge in [0.2, 0.25) is 0 Å². The van der Waals surface area contributed by atoms with Crippen molar-refractivity contribution >= 4 is 17.8 Å². The van der Waals surface area contributed by atoms with Crippen molar-refractivity contribution in [2.75, 3.05) is 31.6 Å². The summed E-state index contributed by atoms with van der Waals surface area (Å²) >= 11 is 0. The normalized spacial score (nSPS) is 25.3. The quantitative estimate of drug-likeness (QED) is 0.842. The Morgan fingerprint density at radius 2 is 2.20 bits per heavy atom. The predicted molar refractivity (Wildman–Crippen MR) is 108 cm³/mol. The molecular formula is C22H23FN4O3. The van der Waals surface area contributed by atoms with Crippen molar-refractivity contribution in [1.29, 1.82) is 0 Å². The molecule has 2 fully saturated rings. The zero-order chi connectivity index (χ0) is 20.9. The first-order chi connectivity index (χ1) is 14.4. The lowest BCUT2D eigenvalue weighted by atomic mass is 9.89. The van der Waals surface area contributed by atoms with Gasteiger partial charge in [0.05, 0.1) is 23.7 Å². The fourth-order valence-electron chi connectivity index (χ4n) is 4.67. The second-order valence-corrected chi connectivity index (χ2v) is 8.38. The van der Waals surface area contributed by atoms with Gasteiger partial charge in [-0.25, -0.2) is 14.2 Å². The molecule has 5 rings (SSSR count). The largest absolute Gasteiger partial charge is 0.448 e. The lowest BCUT2D eigenvalue weighted by Gasteiger charge is -2.25. The number of likely N-dealkylation sites (tertiary alicyclic amines) is 1. The molecule has 30 heavy (non-hydrogen) atoms. The summed E-state index contributed by atoms with van der Waals surface area (Å²) in [6, 6.07) is 8.42.